The number of aliphatic carboxylic acids is 1. The van der Waals surface area contributed by atoms with Gasteiger partial charge in [-0.1, -0.05) is 0 Å². The van der Waals surface area contributed by atoms with Crippen molar-refractivity contribution in [2.24, 2.45) is 5.10 Å². The molecule has 0 aromatic rings. The number of esters is 1. The van der Waals surface area contributed by atoms with Crippen LogP contribution < -0.4 is 0 Å². The molecule has 0 atom stereocenters. The molecule has 0 saturated carbocycles. The van der Waals surface area contributed by atoms with Crippen LogP contribution in [0.5, 0.6) is 0 Å². The van der Waals surface area contributed by atoms with Crippen molar-refractivity contribution in [3.05, 3.63) is 0 Å². The largest absolute Gasteiger partial charge is 0.477 e. The molecule has 0 aromatic carbocycles. The van der Waals surface area contributed by atoms with Gasteiger partial charge in [0.1, 0.15) is 12.1 Å². The van der Waals surface area contributed by atoms with Gasteiger partial charge in [-0.25, -0.2) is 9.80 Å². The zero-order valence-electron chi connectivity index (χ0n) is 9.39. The highest BCUT2D eigenvalue weighted by molar-refractivity contribution is 6.34. The summed E-state index contributed by atoms with van der Waals surface area (Å²) in [6.45, 7) is 3.06. The van der Waals surface area contributed by atoms with Gasteiger partial charge in [0, 0.05) is 7.05 Å². The minimum absolute atomic E-state index is 0.188. The Labute approximate surface area is 92.7 Å². The summed E-state index contributed by atoms with van der Waals surface area (Å²) in [7, 11) is 1.27. The van der Waals surface area contributed by atoms with Crippen molar-refractivity contribution in [2.75, 3.05) is 13.7 Å². The molecule has 0 heterocycles. The molecule has 7 heteroatoms. The Bertz CT molecular complexity index is 324. The third kappa shape index (κ3) is 5.08. The van der Waals surface area contributed by atoms with Crippen LogP contribution in [0.3, 0.4) is 0 Å². The summed E-state index contributed by atoms with van der Waals surface area (Å²) in [6, 6.07) is 0. The van der Waals surface area contributed by atoms with Gasteiger partial charge < -0.3 is 9.84 Å². The third-order valence-electron chi connectivity index (χ3n) is 1.57. The van der Waals surface area contributed by atoms with Crippen LogP contribution in [0.25, 0.3) is 0 Å². The Balaban J connectivity index is 4.35. The van der Waals surface area contributed by atoms with Gasteiger partial charge in [-0.05, 0) is 13.8 Å². The topological polar surface area (TPSA) is 96.3 Å². The molecule has 16 heavy (non-hydrogen) atoms. The van der Waals surface area contributed by atoms with Crippen molar-refractivity contribution < 1.29 is 24.2 Å². The quantitative estimate of drug-likeness (QED) is 0.307. The van der Waals surface area contributed by atoms with Crippen LogP contribution in [0.2, 0.25) is 0 Å². The first-order valence-corrected chi connectivity index (χ1v) is 4.59. The Morgan fingerprint density at radius 2 is 1.94 bits per heavy atom. The SMILES string of the molecule is CCOC(=O)CC(=O)N(C)N=C(C)C(=O)O. The van der Waals surface area contributed by atoms with E-state index in [4.69, 9.17) is 5.11 Å². The van der Waals surface area contributed by atoms with Crippen LogP contribution in [0.4, 0.5) is 0 Å². The molecular formula is C9H14N2O5. The molecule has 0 bridgehead atoms. The predicted octanol–water partition coefficient (Wildman–Crippen LogP) is -0.142. The van der Waals surface area contributed by atoms with E-state index in [9.17, 15) is 14.4 Å². The second kappa shape index (κ2) is 6.54. The maximum Gasteiger partial charge on any atom is 0.351 e. The van der Waals surface area contributed by atoms with Gasteiger partial charge in [0.15, 0.2) is 0 Å². The van der Waals surface area contributed by atoms with Crippen LogP contribution in [-0.4, -0.2) is 47.3 Å². The molecule has 0 unspecified atom stereocenters. The predicted molar refractivity (Wildman–Crippen MR) is 54.8 cm³/mol. The molecule has 0 saturated heterocycles. The smallest absolute Gasteiger partial charge is 0.351 e. The third-order valence-corrected chi connectivity index (χ3v) is 1.57. The first kappa shape index (κ1) is 14.1. The van der Waals surface area contributed by atoms with Gasteiger partial charge in [-0.15, -0.1) is 0 Å². The van der Waals surface area contributed by atoms with Crippen LogP contribution in [0, 0.1) is 0 Å². The number of ether oxygens (including phenoxy) is 1. The molecule has 1 amide bonds. The molecule has 1 N–H and O–H groups in total. The standard InChI is InChI=1S/C9H14N2O5/c1-4-16-8(13)5-7(12)11(3)10-6(2)9(14)15/h4-5H2,1-3H3,(H,14,15). The highest BCUT2D eigenvalue weighted by atomic mass is 16.5. The van der Waals surface area contributed by atoms with E-state index in [0.717, 1.165) is 5.01 Å². The van der Waals surface area contributed by atoms with Gasteiger partial charge in [0.25, 0.3) is 5.91 Å². The fourth-order valence-corrected chi connectivity index (χ4v) is 0.773. The second-order valence-corrected chi connectivity index (χ2v) is 2.89. The van der Waals surface area contributed by atoms with E-state index in [0.29, 0.717) is 0 Å². The molecule has 0 rings (SSSR count). The Hall–Kier alpha value is -1.92. The summed E-state index contributed by atoms with van der Waals surface area (Å²) >= 11 is 0. The van der Waals surface area contributed by atoms with Gasteiger partial charge in [-0.3, -0.25) is 9.59 Å². The van der Waals surface area contributed by atoms with Gasteiger partial charge in [0.05, 0.1) is 6.61 Å². The molecule has 0 aliphatic heterocycles. The van der Waals surface area contributed by atoms with E-state index in [1.165, 1.54) is 14.0 Å². The number of hydrogen-bond acceptors (Lipinski definition) is 5. The van der Waals surface area contributed by atoms with E-state index in [1.807, 2.05) is 0 Å². The summed E-state index contributed by atoms with van der Waals surface area (Å²) in [6.07, 6.45) is -0.458. The van der Waals surface area contributed by atoms with E-state index in [2.05, 4.69) is 9.84 Å². The van der Waals surface area contributed by atoms with Gasteiger partial charge >= 0.3 is 11.9 Å². The summed E-state index contributed by atoms with van der Waals surface area (Å²) in [5, 5.41) is 12.8. The van der Waals surface area contributed by atoms with Crippen LogP contribution in [0.15, 0.2) is 5.10 Å². The maximum absolute atomic E-state index is 11.3. The van der Waals surface area contributed by atoms with Crippen molar-refractivity contribution in [2.45, 2.75) is 20.3 Å². The van der Waals surface area contributed by atoms with Crippen LogP contribution >= 0.6 is 0 Å². The van der Waals surface area contributed by atoms with Crippen LogP contribution in [-0.2, 0) is 19.1 Å². The van der Waals surface area contributed by atoms with E-state index in [1.54, 1.807) is 6.92 Å². The fourth-order valence-electron chi connectivity index (χ4n) is 0.773. The number of carbonyl (C=O) groups excluding carboxylic acids is 2. The number of carbonyl (C=O) groups is 3. The zero-order chi connectivity index (χ0) is 12.7. The monoisotopic (exact) mass is 230 g/mol. The first-order valence-electron chi connectivity index (χ1n) is 4.59. The van der Waals surface area contributed by atoms with Crippen molar-refractivity contribution in [1.29, 1.82) is 0 Å². The second-order valence-electron chi connectivity index (χ2n) is 2.89. The number of carboxylic acids is 1. The molecule has 0 spiro atoms. The van der Waals surface area contributed by atoms with Crippen molar-refractivity contribution in [3.63, 3.8) is 0 Å². The number of amides is 1. The number of nitrogens with zero attached hydrogens (tertiary/aromatic N) is 2. The molecule has 0 aliphatic rings. The molecule has 0 fully saturated rings. The van der Waals surface area contributed by atoms with Crippen LogP contribution in [0.1, 0.15) is 20.3 Å². The van der Waals surface area contributed by atoms with Gasteiger partial charge in [-0.2, -0.15) is 5.10 Å². The minimum Gasteiger partial charge on any atom is -0.477 e. The fraction of sp³-hybridized carbons (Fsp3) is 0.556. The van der Waals surface area contributed by atoms with Gasteiger partial charge in [0.2, 0.25) is 0 Å². The summed E-state index contributed by atoms with van der Waals surface area (Å²) in [5.41, 5.74) is -0.236. The first-order chi connectivity index (χ1) is 7.38. The van der Waals surface area contributed by atoms with Crippen molar-refractivity contribution in [3.8, 4) is 0 Å². The lowest BCUT2D eigenvalue weighted by molar-refractivity contribution is -0.148. The maximum atomic E-state index is 11.3. The Morgan fingerprint density at radius 1 is 1.38 bits per heavy atom. The number of hydrogen-bond donors (Lipinski definition) is 1. The molecule has 0 aliphatic carbocycles. The summed E-state index contributed by atoms with van der Waals surface area (Å²) < 4.78 is 4.56. The average molecular weight is 230 g/mol. The highest BCUT2D eigenvalue weighted by Gasteiger charge is 2.15. The zero-order valence-corrected chi connectivity index (χ0v) is 9.39. The summed E-state index contributed by atoms with van der Waals surface area (Å²) in [4.78, 5) is 32.7. The lowest BCUT2D eigenvalue weighted by Gasteiger charge is -2.10. The normalized spacial score (nSPS) is 10.8. The van der Waals surface area contributed by atoms with E-state index >= 15 is 0 Å². The molecule has 90 valence electrons. The highest BCUT2D eigenvalue weighted by Crippen LogP contribution is 1.95. The van der Waals surface area contributed by atoms with E-state index in [-0.39, 0.29) is 12.3 Å². The number of rotatable bonds is 5. The Morgan fingerprint density at radius 3 is 2.38 bits per heavy atom. The summed E-state index contributed by atoms with van der Waals surface area (Å²) in [5.74, 6) is -2.52. The molecule has 0 aromatic heterocycles. The molecule has 0 radical (unpaired) electrons. The average Bonchev–Trinajstić information content (AvgIpc) is 2.17. The Kier molecular flexibility index (Phi) is 5.76. The molecule has 7 nitrogen and oxygen atoms in total. The lowest BCUT2D eigenvalue weighted by atomic mass is 10.4. The number of carboxylic acid groups (broad SMARTS) is 1. The van der Waals surface area contributed by atoms with Crippen molar-refractivity contribution in [1.82, 2.24) is 5.01 Å². The molecular weight excluding hydrogens is 216 g/mol. The minimum atomic E-state index is -1.23. The lowest BCUT2D eigenvalue weighted by Crippen LogP contribution is -2.27. The van der Waals surface area contributed by atoms with Crippen molar-refractivity contribution >= 4 is 23.6 Å². The van der Waals surface area contributed by atoms with E-state index < -0.39 is 24.3 Å². The number of hydrazone groups is 1.